The molecule has 1 fully saturated rings. The van der Waals surface area contributed by atoms with Crippen LogP contribution < -0.4 is 0 Å². The minimum Gasteiger partial charge on any atom is -0.477 e. The van der Waals surface area contributed by atoms with Crippen molar-refractivity contribution >= 4 is 23.6 Å². The number of carbonyl (C=O) groups excluding carboxylic acids is 1. The monoisotopic (exact) mass is 279 g/mol. The predicted molar refractivity (Wildman–Crippen MR) is 57.6 cm³/mol. The topological polar surface area (TPSA) is 57.6 Å². The van der Waals surface area contributed by atoms with Crippen molar-refractivity contribution in [1.82, 2.24) is 4.90 Å². The molecule has 0 saturated carbocycles. The lowest BCUT2D eigenvalue weighted by molar-refractivity contribution is -0.146. The van der Waals surface area contributed by atoms with Crippen molar-refractivity contribution in [3.05, 3.63) is 23.4 Å². The summed E-state index contributed by atoms with van der Waals surface area (Å²) < 4.78 is 36.2. The predicted octanol–water partition coefficient (Wildman–Crippen LogP) is 1.75. The standard InChI is InChI=1S/C10H8F3NO3S/c11-10(12,13)2-1-5-4-18-7-3-6(15)14(7)8(5)9(16)17/h1-2,7H,3-4H2,(H,16,17)/t7-/m1/s1. The van der Waals surface area contributed by atoms with E-state index in [2.05, 4.69) is 0 Å². The maximum Gasteiger partial charge on any atom is 0.409 e. The van der Waals surface area contributed by atoms with Gasteiger partial charge in [0, 0.05) is 11.8 Å². The zero-order chi connectivity index (χ0) is 13.5. The Morgan fingerprint density at radius 3 is 2.67 bits per heavy atom. The molecule has 2 heterocycles. The van der Waals surface area contributed by atoms with Crippen molar-refractivity contribution in [2.45, 2.75) is 18.0 Å². The number of nitrogens with zero attached hydrogens (tertiary/aromatic N) is 1. The fraction of sp³-hybridized carbons (Fsp3) is 0.400. The van der Waals surface area contributed by atoms with Gasteiger partial charge in [0.2, 0.25) is 5.91 Å². The second-order valence-corrected chi connectivity index (χ2v) is 4.95. The van der Waals surface area contributed by atoms with Gasteiger partial charge in [0.1, 0.15) is 5.70 Å². The van der Waals surface area contributed by atoms with Crippen molar-refractivity contribution < 1.29 is 27.9 Å². The molecule has 0 aliphatic carbocycles. The number of amides is 1. The van der Waals surface area contributed by atoms with E-state index in [-0.39, 0.29) is 40.8 Å². The van der Waals surface area contributed by atoms with Crippen molar-refractivity contribution in [3.8, 4) is 0 Å². The van der Waals surface area contributed by atoms with Gasteiger partial charge in [0.25, 0.3) is 0 Å². The van der Waals surface area contributed by atoms with Crippen molar-refractivity contribution in [2.75, 3.05) is 5.75 Å². The number of aliphatic carboxylic acids is 1. The molecule has 2 aliphatic rings. The summed E-state index contributed by atoms with van der Waals surface area (Å²) in [6.07, 6.45) is -3.57. The van der Waals surface area contributed by atoms with Crippen LogP contribution in [0.2, 0.25) is 0 Å². The largest absolute Gasteiger partial charge is 0.477 e. The normalized spacial score (nSPS) is 24.3. The quantitative estimate of drug-likeness (QED) is 0.782. The van der Waals surface area contributed by atoms with Crippen molar-refractivity contribution in [2.24, 2.45) is 0 Å². The first-order valence-corrected chi connectivity index (χ1v) is 6.00. The van der Waals surface area contributed by atoms with Gasteiger partial charge in [-0.15, -0.1) is 11.8 Å². The lowest BCUT2D eigenvalue weighted by atomic mass is 10.1. The number of alkyl halides is 3. The van der Waals surface area contributed by atoms with E-state index in [0.29, 0.717) is 0 Å². The molecule has 98 valence electrons. The second kappa shape index (κ2) is 4.34. The second-order valence-electron chi connectivity index (χ2n) is 3.79. The van der Waals surface area contributed by atoms with E-state index in [9.17, 15) is 22.8 Å². The Bertz CT molecular complexity index is 469. The molecular weight excluding hydrogens is 271 g/mol. The van der Waals surface area contributed by atoms with Gasteiger partial charge in [-0.3, -0.25) is 9.69 Å². The maximum atomic E-state index is 12.1. The van der Waals surface area contributed by atoms with Gasteiger partial charge in [-0.1, -0.05) is 6.08 Å². The van der Waals surface area contributed by atoms with E-state index in [4.69, 9.17) is 5.11 Å². The molecule has 1 N–H and O–H groups in total. The Labute approximate surface area is 104 Å². The third-order valence-electron chi connectivity index (χ3n) is 2.56. The van der Waals surface area contributed by atoms with Gasteiger partial charge in [0.15, 0.2) is 0 Å². The number of hydrogen-bond acceptors (Lipinski definition) is 3. The van der Waals surface area contributed by atoms with Crippen LogP contribution in [0.15, 0.2) is 23.4 Å². The molecule has 0 radical (unpaired) electrons. The third-order valence-corrected chi connectivity index (χ3v) is 3.80. The summed E-state index contributed by atoms with van der Waals surface area (Å²) in [5.74, 6) is -1.60. The van der Waals surface area contributed by atoms with Crippen LogP contribution in [-0.2, 0) is 9.59 Å². The maximum absolute atomic E-state index is 12.1. The first-order chi connectivity index (χ1) is 8.29. The number of allylic oxidation sites excluding steroid dienone is 2. The molecule has 0 spiro atoms. The van der Waals surface area contributed by atoms with Crippen LogP contribution in [0.1, 0.15) is 6.42 Å². The van der Waals surface area contributed by atoms with E-state index in [1.807, 2.05) is 0 Å². The smallest absolute Gasteiger partial charge is 0.409 e. The molecule has 1 saturated heterocycles. The Balaban J connectivity index is 2.34. The molecule has 2 rings (SSSR count). The number of carboxylic acids is 1. The lowest BCUT2D eigenvalue weighted by Gasteiger charge is -2.43. The molecule has 18 heavy (non-hydrogen) atoms. The number of carbonyl (C=O) groups is 2. The Kier molecular flexibility index (Phi) is 3.14. The molecule has 8 heteroatoms. The molecule has 4 nitrogen and oxygen atoms in total. The first-order valence-electron chi connectivity index (χ1n) is 4.95. The fourth-order valence-electron chi connectivity index (χ4n) is 1.76. The van der Waals surface area contributed by atoms with Crippen LogP contribution >= 0.6 is 11.8 Å². The molecule has 0 bridgehead atoms. The molecular formula is C10H8F3NO3S. The van der Waals surface area contributed by atoms with Gasteiger partial charge in [-0.2, -0.15) is 13.2 Å². The highest BCUT2D eigenvalue weighted by Gasteiger charge is 2.44. The van der Waals surface area contributed by atoms with Gasteiger partial charge in [-0.25, -0.2) is 4.79 Å². The minimum atomic E-state index is -4.50. The Hall–Kier alpha value is -1.44. The molecule has 0 aromatic carbocycles. The lowest BCUT2D eigenvalue weighted by Crippen LogP contribution is -2.53. The first kappa shape index (κ1) is 13.0. The van der Waals surface area contributed by atoms with E-state index >= 15 is 0 Å². The molecule has 0 aromatic heterocycles. The van der Waals surface area contributed by atoms with Gasteiger partial charge < -0.3 is 5.11 Å². The number of fused-ring (bicyclic) bond motifs is 1. The van der Waals surface area contributed by atoms with Crippen molar-refractivity contribution in [1.29, 1.82) is 0 Å². The number of halogens is 3. The summed E-state index contributed by atoms with van der Waals surface area (Å²) in [7, 11) is 0. The SMILES string of the molecule is O=C(O)C1=C(C=CC(F)(F)F)CS[C@@H]2CC(=O)N12. The molecule has 1 atom stereocenters. The van der Waals surface area contributed by atoms with Crippen LogP contribution in [0.4, 0.5) is 13.2 Å². The Morgan fingerprint density at radius 1 is 1.50 bits per heavy atom. The minimum absolute atomic E-state index is 0.00845. The number of hydrogen-bond donors (Lipinski definition) is 1. The molecule has 0 aromatic rings. The van der Waals surface area contributed by atoms with Crippen molar-refractivity contribution in [3.63, 3.8) is 0 Å². The van der Waals surface area contributed by atoms with Gasteiger partial charge in [0.05, 0.1) is 11.8 Å². The number of thioether (sulfide) groups is 1. The third kappa shape index (κ3) is 2.38. The van der Waals surface area contributed by atoms with Gasteiger partial charge >= 0.3 is 12.1 Å². The average molecular weight is 279 g/mol. The Morgan fingerprint density at radius 2 is 2.17 bits per heavy atom. The summed E-state index contributed by atoms with van der Waals surface area (Å²) in [5.41, 5.74) is -0.329. The highest BCUT2D eigenvalue weighted by molar-refractivity contribution is 8.00. The highest BCUT2D eigenvalue weighted by atomic mass is 32.2. The average Bonchev–Trinajstić information content (AvgIpc) is 2.23. The number of β-lactam (4-membered cyclic amide) rings is 1. The summed E-state index contributed by atoms with van der Waals surface area (Å²) in [6.45, 7) is 0. The van der Waals surface area contributed by atoms with Crippen LogP contribution in [-0.4, -0.2) is 39.2 Å². The number of carboxylic acid groups (broad SMARTS) is 1. The number of rotatable bonds is 2. The van der Waals surface area contributed by atoms with E-state index in [0.717, 1.165) is 11.0 Å². The summed E-state index contributed by atoms with van der Waals surface area (Å²) >= 11 is 1.26. The van der Waals surface area contributed by atoms with E-state index < -0.39 is 12.1 Å². The molecule has 0 unspecified atom stereocenters. The summed E-state index contributed by atoms with van der Waals surface area (Å²) in [6, 6.07) is 0. The zero-order valence-electron chi connectivity index (χ0n) is 8.90. The summed E-state index contributed by atoms with van der Waals surface area (Å²) in [5, 5.41) is 8.74. The zero-order valence-corrected chi connectivity index (χ0v) is 9.72. The molecule has 2 aliphatic heterocycles. The van der Waals surface area contributed by atoms with Crippen LogP contribution in [0.25, 0.3) is 0 Å². The fourth-order valence-corrected chi connectivity index (χ4v) is 3.00. The summed E-state index contributed by atoms with van der Waals surface area (Å²) in [4.78, 5) is 23.4. The highest BCUT2D eigenvalue weighted by Crippen LogP contribution is 2.40. The van der Waals surface area contributed by atoms with E-state index in [1.54, 1.807) is 0 Å². The van der Waals surface area contributed by atoms with Crippen LogP contribution in [0.5, 0.6) is 0 Å². The van der Waals surface area contributed by atoms with Gasteiger partial charge in [-0.05, 0) is 5.57 Å². The van der Waals surface area contributed by atoms with Crippen LogP contribution in [0.3, 0.4) is 0 Å². The molecule has 1 amide bonds. The van der Waals surface area contributed by atoms with Crippen LogP contribution in [0, 0.1) is 0 Å². The van der Waals surface area contributed by atoms with E-state index in [1.165, 1.54) is 11.8 Å².